The molecule has 0 radical (unpaired) electrons. The Morgan fingerprint density at radius 2 is 1.90 bits per heavy atom. The van der Waals surface area contributed by atoms with Gasteiger partial charge in [0.1, 0.15) is 10.8 Å². The molecule has 0 aliphatic heterocycles. The van der Waals surface area contributed by atoms with Gasteiger partial charge >= 0.3 is 0 Å². The van der Waals surface area contributed by atoms with Gasteiger partial charge in [-0.15, -0.1) is 11.3 Å². The summed E-state index contributed by atoms with van der Waals surface area (Å²) in [6.07, 6.45) is 0.0437. The highest BCUT2D eigenvalue weighted by molar-refractivity contribution is 7.21. The second kappa shape index (κ2) is 8.23. The first-order valence-corrected chi connectivity index (χ1v) is 10.4. The van der Waals surface area contributed by atoms with Crippen LogP contribution in [0.1, 0.15) is 24.2 Å². The maximum absolute atomic E-state index is 12.6. The minimum Gasteiger partial charge on any atom is -0.491 e. The van der Waals surface area contributed by atoms with E-state index in [1.807, 2.05) is 56.3 Å². The van der Waals surface area contributed by atoms with Gasteiger partial charge in [-0.1, -0.05) is 29.8 Å². The maximum atomic E-state index is 12.6. The normalized spacial score (nSPS) is 11.0. The second-order valence-electron chi connectivity index (χ2n) is 6.83. The van der Waals surface area contributed by atoms with Crippen molar-refractivity contribution in [1.82, 2.24) is 4.98 Å². The highest BCUT2D eigenvalue weighted by Gasteiger charge is 2.12. The van der Waals surface area contributed by atoms with Crippen LogP contribution in [0, 0.1) is 0 Å². The lowest BCUT2D eigenvalue weighted by molar-refractivity contribution is 0.102. The number of carbonyl (C=O) groups excluding carboxylic acids is 1. The molecular formula is C23H19ClN2O2S. The van der Waals surface area contributed by atoms with Crippen LogP contribution in [0.5, 0.6) is 5.75 Å². The smallest absolute Gasteiger partial charge is 0.255 e. The number of hydrogen-bond acceptors (Lipinski definition) is 4. The molecule has 146 valence electrons. The first-order chi connectivity index (χ1) is 14.0. The molecule has 3 aromatic carbocycles. The number of ether oxygens (including phenoxy) is 1. The van der Waals surface area contributed by atoms with Crippen LogP contribution in [0.25, 0.3) is 20.8 Å². The molecule has 0 aliphatic carbocycles. The third kappa shape index (κ3) is 4.42. The lowest BCUT2D eigenvalue weighted by Crippen LogP contribution is -2.12. The molecule has 29 heavy (non-hydrogen) atoms. The van der Waals surface area contributed by atoms with Crippen molar-refractivity contribution in [3.05, 3.63) is 77.3 Å². The summed E-state index contributed by atoms with van der Waals surface area (Å²) in [6, 6.07) is 20.6. The average Bonchev–Trinajstić information content (AvgIpc) is 3.11. The number of nitrogens with zero attached hydrogens (tertiary/aromatic N) is 1. The zero-order valence-corrected chi connectivity index (χ0v) is 17.6. The van der Waals surface area contributed by atoms with E-state index in [1.54, 1.807) is 35.6 Å². The zero-order chi connectivity index (χ0) is 20.4. The summed E-state index contributed by atoms with van der Waals surface area (Å²) in [5, 5.41) is 4.28. The molecule has 1 aromatic heterocycles. The third-order valence-electron chi connectivity index (χ3n) is 4.22. The molecule has 0 unspecified atom stereocenters. The first-order valence-electron chi connectivity index (χ1n) is 9.23. The van der Waals surface area contributed by atoms with E-state index >= 15 is 0 Å². The van der Waals surface area contributed by atoms with Gasteiger partial charge in [0.05, 0.1) is 21.3 Å². The van der Waals surface area contributed by atoms with Gasteiger partial charge in [0.25, 0.3) is 5.91 Å². The number of aromatic nitrogens is 1. The van der Waals surface area contributed by atoms with Crippen molar-refractivity contribution in [2.45, 2.75) is 20.0 Å². The van der Waals surface area contributed by atoms with Crippen LogP contribution in [0.15, 0.2) is 66.7 Å². The summed E-state index contributed by atoms with van der Waals surface area (Å²) in [5.74, 6) is 0.444. The van der Waals surface area contributed by atoms with E-state index in [4.69, 9.17) is 16.3 Å². The summed E-state index contributed by atoms with van der Waals surface area (Å²) in [5.41, 5.74) is 2.94. The molecule has 0 aliphatic rings. The Morgan fingerprint density at radius 1 is 1.07 bits per heavy atom. The molecule has 1 N–H and O–H groups in total. The Kier molecular flexibility index (Phi) is 5.51. The number of halogens is 1. The van der Waals surface area contributed by atoms with E-state index in [0.29, 0.717) is 22.0 Å². The van der Waals surface area contributed by atoms with Crippen molar-refractivity contribution < 1.29 is 9.53 Å². The van der Waals surface area contributed by atoms with Gasteiger partial charge in [-0.3, -0.25) is 4.79 Å². The first kappa shape index (κ1) is 19.4. The predicted octanol–water partition coefficient (Wildman–Crippen LogP) is 6.66. The van der Waals surface area contributed by atoms with Gasteiger partial charge in [-0.05, 0) is 62.4 Å². The Morgan fingerprint density at radius 3 is 2.66 bits per heavy atom. The molecule has 0 fully saturated rings. The van der Waals surface area contributed by atoms with Crippen molar-refractivity contribution in [3.63, 3.8) is 0 Å². The highest BCUT2D eigenvalue weighted by atomic mass is 35.5. The molecule has 0 bridgehead atoms. The summed E-state index contributed by atoms with van der Waals surface area (Å²) in [6.45, 7) is 3.89. The second-order valence-corrected chi connectivity index (χ2v) is 8.27. The van der Waals surface area contributed by atoms with E-state index < -0.39 is 0 Å². The number of nitrogens with one attached hydrogen (secondary N) is 1. The number of fused-ring (bicyclic) bond motifs is 1. The van der Waals surface area contributed by atoms with Crippen LogP contribution < -0.4 is 10.1 Å². The molecule has 1 amide bonds. The van der Waals surface area contributed by atoms with Gasteiger partial charge in [0.15, 0.2) is 0 Å². The Labute approximate surface area is 178 Å². The van der Waals surface area contributed by atoms with Crippen LogP contribution in [0.2, 0.25) is 5.02 Å². The van der Waals surface area contributed by atoms with E-state index in [-0.39, 0.29) is 12.0 Å². The fourth-order valence-electron chi connectivity index (χ4n) is 2.94. The molecule has 6 heteroatoms. The lowest BCUT2D eigenvalue weighted by atomic mass is 10.1. The van der Waals surface area contributed by atoms with Crippen LogP contribution >= 0.6 is 22.9 Å². The molecule has 4 nitrogen and oxygen atoms in total. The van der Waals surface area contributed by atoms with Crippen molar-refractivity contribution >= 4 is 44.7 Å². The van der Waals surface area contributed by atoms with E-state index in [0.717, 1.165) is 20.8 Å². The SMILES string of the molecule is CC(C)Oc1cccc(C(=O)Nc2ccc(-c3nc4ccccc4s3)c(Cl)c2)c1. The minimum absolute atomic E-state index is 0.0437. The van der Waals surface area contributed by atoms with Gasteiger partial charge in [0, 0.05) is 16.8 Å². The molecule has 4 aromatic rings. The number of anilines is 1. The van der Waals surface area contributed by atoms with Crippen molar-refractivity contribution in [2.75, 3.05) is 5.32 Å². The van der Waals surface area contributed by atoms with E-state index in [1.165, 1.54) is 0 Å². The minimum atomic E-state index is -0.219. The van der Waals surface area contributed by atoms with Crippen LogP contribution in [0.3, 0.4) is 0 Å². The Hall–Kier alpha value is -2.89. The molecule has 0 saturated carbocycles. The van der Waals surface area contributed by atoms with Crippen LogP contribution in [-0.2, 0) is 0 Å². The molecule has 0 atom stereocenters. The van der Waals surface area contributed by atoms with Crippen molar-refractivity contribution in [2.24, 2.45) is 0 Å². The summed E-state index contributed by atoms with van der Waals surface area (Å²) in [7, 11) is 0. The quantitative estimate of drug-likeness (QED) is 0.391. The number of carbonyl (C=O) groups is 1. The lowest BCUT2D eigenvalue weighted by Gasteiger charge is -2.11. The molecule has 1 heterocycles. The largest absolute Gasteiger partial charge is 0.491 e. The summed E-state index contributed by atoms with van der Waals surface area (Å²) < 4.78 is 6.77. The number of thiazole rings is 1. The van der Waals surface area contributed by atoms with Gasteiger partial charge < -0.3 is 10.1 Å². The topological polar surface area (TPSA) is 51.2 Å². The molecule has 0 saturated heterocycles. The molecule has 0 spiro atoms. The number of amides is 1. The van der Waals surface area contributed by atoms with Crippen molar-refractivity contribution in [1.29, 1.82) is 0 Å². The summed E-state index contributed by atoms with van der Waals surface area (Å²) >= 11 is 8.09. The number of rotatable bonds is 5. The number of hydrogen-bond donors (Lipinski definition) is 1. The monoisotopic (exact) mass is 422 g/mol. The third-order valence-corrected chi connectivity index (χ3v) is 5.60. The molecular weight excluding hydrogens is 404 g/mol. The maximum Gasteiger partial charge on any atom is 0.255 e. The fourth-order valence-corrected chi connectivity index (χ4v) is 4.27. The standard InChI is InChI=1S/C23H19ClN2O2S/c1-14(2)28-17-7-5-6-15(12-17)22(27)25-16-10-11-18(19(24)13-16)23-26-20-8-3-4-9-21(20)29-23/h3-14H,1-2H3,(H,25,27). The van der Waals surface area contributed by atoms with Crippen molar-refractivity contribution in [3.8, 4) is 16.3 Å². The predicted molar refractivity (Wildman–Crippen MR) is 120 cm³/mol. The van der Waals surface area contributed by atoms with E-state index in [9.17, 15) is 4.79 Å². The average molecular weight is 423 g/mol. The number of benzene rings is 3. The number of para-hydroxylation sites is 1. The fraction of sp³-hybridized carbons (Fsp3) is 0.130. The molecule has 4 rings (SSSR count). The van der Waals surface area contributed by atoms with Gasteiger partial charge in [-0.2, -0.15) is 0 Å². The van der Waals surface area contributed by atoms with Gasteiger partial charge in [0.2, 0.25) is 0 Å². The highest BCUT2D eigenvalue weighted by Crippen LogP contribution is 2.35. The van der Waals surface area contributed by atoms with Crippen LogP contribution in [-0.4, -0.2) is 17.0 Å². The van der Waals surface area contributed by atoms with E-state index in [2.05, 4.69) is 10.3 Å². The Bertz CT molecular complexity index is 1150. The zero-order valence-electron chi connectivity index (χ0n) is 16.0. The Balaban J connectivity index is 1.54. The van der Waals surface area contributed by atoms with Gasteiger partial charge in [-0.25, -0.2) is 4.98 Å². The summed E-state index contributed by atoms with van der Waals surface area (Å²) in [4.78, 5) is 17.3. The van der Waals surface area contributed by atoms with Crippen LogP contribution in [0.4, 0.5) is 5.69 Å².